The molecule has 0 bridgehead atoms. The van der Waals surface area contributed by atoms with Gasteiger partial charge in [-0.3, -0.25) is 9.59 Å². The molecule has 0 aromatic carbocycles. The van der Waals surface area contributed by atoms with E-state index in [1.54, 1.807) is 19.2 Å². The van der Waals surface area contributed by atoms with E-state index in [2.05, 4.69) is 16.9 Å². The summed E-state index contributed by atoms with van der Waals surface area (Å²) < 4.78 is 23.1. The fourth-order valence-corrected chi connectivity index (χ4v) is 4.14. The Morgan fingerprint density at radius 3 is 2.74 bits per heavy atom. The topological polar surface area (TPSA) is 96.4 Å². The monoisotopic (exact) mass is 337 g/mol. The fraction of sp³-hybridized carbons (Fsp3) is 0.400. The van der Waals surface area contributed by atoms with Crippen LogP contribution in [-0.2, 0) is 9.84 Å². The minimum absolute atomic E-state index is 0.0330. The molecule has 23 heavy (non-hydrogen) atoms. The molecule has 1 atom stereocenters. The molecule has 0 saturated carbocycles. The molecular formula is C15H19N3O4S. The van der Waals surface area contributed by atoms with Crippen LogP contribution in [0.4, 0.5) is 0 Å². The van der Waals surface area contributed by atoms with Crippen LogP contribution in [-0.4, -0.2) is 61.3 Å². The maximum absolute atomic E-state index is 12.5. The molecule has 1 aromatic rings. The zero-order valence-corrected chi connectivity index (χ0v) is 13.7. The van der Waals surface area contributed by atoms with E-state index in [0.717, 1.165) is 0 Å². The van der Waals surface area contributed by atoms with Gasteiger partial charge in [0.05, 0.1) is 11.5 Å². The molecule has 2 amide bonds. The van der Waals surface area contributed by atoms with E-state index in [4.69, 9.17) is 0 Å². The van der Waals surface area contributed by atoms with Crippen LogP contribution in [0.3, 0.4) is 0 Å². The molecule has 124 valence electrons. The van der Waals surface area contributed by atoms with Gasteiger partial charge in [0, 0.05) is 19.6 Å². The zero-order chi connectivity index (χ0) is 17.0. The number of hydrogen-bond donors (Lipinski definition) is 1. The van der Waals surface area contributed by atoms with Gasteiger partial charge >= 0.3 is 0 Å². The van der Waals surface area contributed by atoms with Crippen LogP contribution >= 0.6 is 0 Å². The van der Waals surface area contributed by atoms with Crippen molar-refractivity contribution >= 4 is 21.7 Å². The maximum Gasteiger partial charge on any atom is 0.272 e. The average molecular weight is 337 g/mol. The molecule has 2 rings (SSSR count). The van der Waals surface area contributed by atoms with Crippen LogP contribution in [0.15, 0.2) is 30.9 Å². The molecule has 0 spiro atoms. The highest BCUT2D eigenvalue weighted by atomic mass is 32.2. The second-order valence-electron chi connectivity index (χ2n) is 5.38. The predicted molar refractivity (Wildman–Crippen MR) is 85.9 cm³/mol. The van der Waals surface area contributed by atoms with Crippen LogP contribution < -0.4 is 5.32 Å². The highest BCUT2D eigenvalue weighted by Gasteiger charge is 2.33. The van der Waals surface area contributed by atoms with Gasteiger partial charge in [0.1, 0.15) is 11.4 Å². The van der Waals surface area contributed by atoms with Crippen LogP contribution in [0.5, 0.6) is 0 Å². The second kappa shape index (κ2) is 6.91. The zero-order valence-electron chi connectivity index (χ0n) is 12.9. The first-order chi connectivity index (χ1) is 10.8. The Balaban J connectivity index is 2.13. The van der Waals surface area contributed by atoms with Crippen molar-refractivity contribution in [1.29, 1.82) is 0 Å². The number of rotatable bonds is 5. The molecule has 0 radical (unpaired) electrons. The van der Waals surface area contributed by atoms with E-state index in [1.807, 2.05) is 0 Å². The summed E-state index contributed by atoms with van der Waals surface area (Å²) in [5.74, 6) is -0.738. The summed E-state index contributed by atoms with van der Waals surface area (Å²) in [7, 11) is -1.52. The Labute approximate surface area is 135 Å². The molecular weight excluding hydrogens is 318 g/mol. The van der Waals surface area contributed by atoms with E-state index >= 15 is 0 Å². The normalized spacial score (nSPS) is 19.1. The number of nitrogens with zero attached hydrogens (tertiary/aromatic N) is 2. The Morgan fingerprint density at radius 1 is 1.43 bits per heavy atom. The lowest BCUT2D eigenvalue weighted by Gasteiger charge is -2.23. The van der Waals surface area contributed by atoms with E-state index in [1.165, 1.54) is 17.0 Å². The molecule has 1 fully saturated rings. The molecule has 1 saturated heterocycles. The second-order valence-corrected chi connectivity index (χ2v) is 7.61. The SMILES string of the molecule is C=CCNC(=O)c1cccc(C(=O)N(C)C2CCS(=O)(=O)C2)n1. The maximum atomic E-state index is 12.5. The Morgan fingerprint density at radius 2 is 2.13 bits per heavy atom. The lowest BCUT2D eigenvalue weighted by atomic mass is 10.2. The van der Waals surface area contributed by atoms with Crippen LogP contribution in [0, 0.1) is 0 Å². The lowest BCUT2D eigenvalue weighted by molar-refractivity contribution is 0.0741. The van der Waals surface area contributed by atoms with Gasteiger partial charge in [-0.1, -0.05) is 12.1 Å². The van der Waals surface area contributed by atoms with Crippen molar-refractivity contribution in [1.82, 2.24) is 15.2 Å². The first-order valence-electron chi connectivity index (χ1n) is 7.18. The van der Waals surface area contributed by atoms with Gasteiger partial charge < -0.3 is 10.2 Å². The summed E-state index contributed by atoms with van der Waals surface area (Å²) in [5, 5.41) is 2.59. The van der Waals surface area contributed by atoms with Gasteiger partial charge in [-0.05, 0) is 18.6 Å². The van der Waals surface area contributed by atoms with Gasteiger partial charge in [-0.2, -0.15) is 0 Å². The molecule has 1 N–H and O–H groups in total. The lowest BCUT2D eigenvalue weighted by Crippen LogP contribution is -2.38. The molecule has 7 nitrogen and oxygen atoms in total. The van der Waals surface area contributed by atoms with Gasteiger partial charge in [0.2, 0.25) is 0 Å². The number of aromatic nitrogens is 1. The number of nitrogens with one attached hydrogen (secondary N) is 1. The van der Waals surface area contributed by atoms with E-state index in [9.17, 15) is 18.0 Å². The Kier molecular flexibility index (Phi) is 5.15. The Bertz CT molecular complexity index is 730. The molecule has 1 aliphatic rings. The molecule has 0 aliphatic carbocycles. The summed E-state index contributed by atoms with van der Waals surface area (Å²) in [6.07, 6.45) is 1.96. The standard InChI is InChI=1S/C15H19N3O4S/c1-3-8-16-14(19)12-5-4-6-13(17-12)15(20)18(2)11-7-9-23(21,22)10-11/h3-6,11H,1,7-10H2,2H3,(H,16,19). The highest BCUT2D eigenvalue weighted by Crippen LogP contribution is 2.18. The van der Waals surface area contributed by atoms with Gasteiger partial charge in [0.25, 0.3) is 11.8 Å². The molecule has 2 heterocycles. The number of hydrogen-bond acceptors (Lipinski definition) is 5. The number of amides is 2. The van der Waals surface area contributed by atoms with Gasteiger partial charge in [0.15, 0.2) is 9.84 Å². The average Bonchev–Trinajstić information content (AvgIpc) is 2.91. The van der Waals surface area contributed by atoms with Crippen LogP contribution in [0.2, 0.25) is 0 Å². The van der Waals surface area contributed by atoms with Gasteiger partial charge in [-0.15, -0.1) is 6.58 Å². The van der Waals surface area contributed by atoms with Crippen molar-refractivity contribution < 1.29 is 18.0 Å². The van der Waals surface area contributed by atoms with E-state index < -0.39 is 21.7 Å². The Hall–Kier alpha value is -2.22. The number of carbonyl (C=O) groups excluding carboxylic acids is 2. The van der Waals surface area contributed by atoms with Crippen molar-refractivity contribution in [2.24, 2.45) is 0 Å². The predicted octanol–water partition coefficient (Wildman–Crippen LogP) is 0.256. The van der Waals surface area contributed by atoms with Crippen molar-refractivity contribution in [3.8, 4) is 0 Å². The van der Waals surface area contributed by atoms with E-state index in [0.29, 0.717) is 13.0 Å². The minimum Gasteiger partial charge on any atom is -0.347 e. The molecule has 1 aliphatic heterocycles. The summed E-state index contributed by atoms with van der Waals surface area (Å²) in [5.41, 5.74) is 0.244. The smallest absolute Gasteiger partial charge is 0.272 e. The first-order valence-corrected chi connectivity index (χ1v) is 9.00. The minimum atomic E-state index is -3.08. The number of sulfone groups is 1. The number of carbonyl (C=O) groups is 2. The van der Waals surface area contributed by atoms with Crippen molar-refractivity contribution in [2.45, 2.75) is 12.5 Å². The molecule has 1 unspecified atom stereocenters. The molecule has 8 heteroatoms. The van der Waals surface area contributed by atoms with E-state index in [-0.39, 0.29) is 28.9 Å². The summed E-state index contributed by atoms with van der Waals surface area (Å²) >= 11 is 0. The third kappa shape index (κ3) is 4.16. The molecule has 1 aromatic heterocycles. The summed E-state index contributed by atoms with van der Waals surface area (Å²) in [4.78, 5) is 29.8. The summed E-state index contributed by atoms with van der Waals surface area (Å²) in [6.45, 7) is 3.81. The third-order valence-corrected chi connectivity index (χ3v) is 5.43. The third-order valence-electron chi connectivity index (χ3n) is 3.68. The highest BCUT2D eigenvalue weighted by molar-refractivity contribution is 7.91. The van der Waals surface area contributed by atoms with Crippen molar-refractivity contribution in [2.75, 3.05) is 25.1 Å². The van der Waals surface area contributed by atoms with Crippen LogP contribution in [0.25, 0.3) is 0 Å². The first kappa shape index (κ1) is 17.1. The number of pyridine rings is 1. The van der Waals surface area contributed by atoms with Crippen molar-refractivity contribution in [3.63, 3.8) is 0 Å². The summed E-state index contributed by atoms with van der Waals surface area (Å²) in [6, 6.07) is 4.23. The van der Waals surface area contributed by atoms with Crippen molar-refractivity contribution in [3.05, 3.63) is 42.2 Å². The fourth-order valence-electron chi connectivity index (χ4n) is 2.36. The quantitative estimate of drug-likeness (QED) is 0.777. The van der Waals surface area contributed by atoms with Crippen LogP contribution in [0.1, 0.15) is 27.4 Å². The van der Waals surface area contributed by atoms with Gasteiger partial charge in [-0.25, -0.2) is 13.4 Å². The largest absolute Gasteiger partial charge is 0.347 e.